The molecule has 0 atom stereocenters. The molecule has 0 radical (unpaired) electrons. The highest BCUT2D eigenvalue weighted by molar-refractivity contribution is 6.22. The number of hydrogen-bond donors (Lipinski definition) is 0. The first-order valence-corrected chi connectivity index (χ1v) is 19.2. The molecule has 9 aromatic carbocycles. The molecule has 1 aromatic heterocycles. The van der Waals surface area contributed by atoms with E-state index in [2.05, 4.69) is 212 Å². The molecule has 0 fully saturated rings. The van der Waals surface area contributed by atoms with Crippen molar-refractivity contribution < 1.29 is 0 Å². The average molecular weight is 712 g/mol. The van der Waals surface area contributed by atoms with Gasteiger partial charge in [-0.2, -0.15) is 0 Å². The number of rotatable bonds is 7. The minimum atomic E-state index is 0.962. The molecule has 0 saturated carbocycles. The molecule has 10 rings (SSSR count). The quantitative estimate of drug-likeness (QED) is 0.150. The van der Waals surface area contributed by atoms with E-state index in [0.29, 0.717) is 0 Å². The zero-order chi connectivity index (χ0) is 37.3. The number of pyridine rings is 1. The maximum absolute atomic E-state index is 4.72. The van der Waals surface area contributed by atoms with Crippen LogP contribution in [0.3, 0.4) is 0 Å². The Morgan fingerprint density at radius 1 is 0.214 bits per heavy atom. The van der Waals surface area contributed by atoms with Crippen LogP contribution in [0, 0.1) is 0 Å². The zero-order valence-electron chi connectivity index (χ0n) is 30.8. The standard InChI is InChI=1S/C55H37N/c1-4-16-38(17-5-1)41-22-14-24-44(32-41)54-49-26-10-11-27-50(49)55(45-25-15-23-43(33-45)53-28-12-13-31-56-53)52-37-42(29-30-51(52)54)48-35-46(39-18-6-2-7-19-39)34-47(36-48)40-20-8-3-9-21-40/h1-37H. The molecule has 56 heavy (non-hydrogen) atoms. The summed E-state index contributed by atoms with van der Waals surface area (Å²) >= 11 is 0. The van der Waals surface area contributed by atoms with Crippen LogP contribution in [-0.2, 0) is 0 Å². The Balaban J connectivity index is 1.26. The number of nitrogens with zero attached hydrogens (tertiary/aromatic N) is 1. The third kappa shape index (κ3) is 6.26. The lowest BCUT2D eigenvalue weighted by Gasteiger charge is -2.20. The van der Waals surface area contributed by atoms with Gasteiger partial charge in [0.25, 0.3) is 0 Å². The molecule has 1 heterocycles. The average Bonchev–Trinajstić information content (AvgIpc) is 3.29. The first kappa shape index (κ1) is 33.2. The summed E-state index contributed by atoms with van der Waals surface area (Å²) < 4.78 is 0. The van der Waals surface area contributed by atoms with Crippen LogP contribution in [0.25, 0.3) is 99.6 Å². The Bertz CT molecular complexity index is 2930. The van der Waals surface area contributed by atoms with E-state index in [1.165, 1.54) is 88.3 Å². The van der Waals surface area contributed by atoms with Gasteiger partial charge < -0.3 is 0 Å². The molecule has 0 bridgehead atoms. The molecule has 1 heteroatoms. The van der Waals surface area contributed by atoms with Gasteiger partial charge in [-0.05, 0) is 137 Å². The van der Waals surface area contributed by atoms with E-state index in [9.17, 15) is 0 Å². The van der Waals surface area contributed by atoms with Gasteiger partial charge in [-0.25, -0.2) is 0 Å². The molecule has 10 aromatic rings. The summed E-state index contributed by atoms with van der Waals surface area (Å²) in [5.74, 6) is 0. The monoisotopic (exact) mass is 711 g/mol. The van der Waals surface area contributed by atoms with E-state index in [-0.39, 0.29) is 0 Å². The Morgan fingerprint density at radius 3 is 1.18 bits per heavy atom. The van der Waals surface area contributed by atoms with Gasteiger partial charge in [-0.15, -0.1) is 0 Å². The third-order valence-corrected chi connectivity index (χ3v) is 10.9. The van der Waals surface area contributed by atoms with Crippen LogP contribution < -0.4 is 0 Å². The summed E-state index contributed by atoms with van der Waals surface area (Å²) in [4.78, 5) is 4.72. The van der Waals surface area contributed by atoms with Crippen LogP contribution in [0.2, 0.25) is 0 Å². The van der Waals surface area contributed by atoms with E-state index >= 15 is 0 Å². The Kier molecular flexibility index (Phi) is 8.59. The Labute approximate surface area is 327 Å². The first-order valence-electron chi connectivity index (χ1n) is 19.2. The van der Waals surface area contributed by atoms with E-state index < -0.39 is 0 Å². The van der Waals surface area contributed by atoms with Gasteiger partial charge in [0, 0.05) is 11.8 Å². The molecule has 0 spiro atoms. The van der Waals surface area contributed by atoms with Crippen LogP contribution in [0.5, 0.6) is 0 Å². The highest BCUT2D eigenvalue weighted by Gasteiger charge is 2.19. The molecule has 1 nitrogen and oxygen atoms in total. The SMILES string of the molecule is c1ccc(-c2cc(-c3ccccc3)cc(-c3ccc4c(-c5cccc(-c6ccccc6)c5)c5ccccc5c(-c5cccc(-c6ccccn6)c5)c4c3)c2)cc1. The second-order valence-corrected chi connectivity index (χ2v) is 14.3. The number of aromatic nitrogens is 1. The largest absolute Gasteiger partial charge is 0.256 e. The summed E-state index contributed by atoms with van der Waals surface area (Å²) in [5.41, 5.74) is 16.5. The second-order valence-electron chi connectivity index (χ2n) is 14.3. The summed E-state index contributed by atoms with van der Waals surface area (Å²) in [5, 5.41) is 4.89. The number of fused-ring (bicyclic) bond motifs is 2. The van der Waals surface area contributed by atoms with Crippen molar-refractivity contribution in [1.29, 1.82) is 0 Å². The van der Waals surface area contributed by atoms with Gasteiger partial charge >= 0.3 is 0 Å². The lowest BCUT2D eigenvalue weighted by molar-refractivity contribution is 1.33. The first-order chi connectivity index (χ1) is 27.8. The molecule has 0 amide bonds. The second kappa shape index (κ2) is 14.5. The van der Waals surface area contributed by atoms with Gasteiger partial charge in [0.1, 0.15) is 0 Å². The molecule has 0 unspecified atom stereocenters. The fraction of sp³-hybridized carbons (Fsp3) is 0. The van der Waals surface area contributed by atoms with Gasteiger partial charge in [0.2, 0.25) is 0 Å². The number of benzene rings is 9. The van der Waals surface area contributed by atoms with Crippen molar-refractivity contribution >= 4 is 21.5 Å². The van der Waals surface area contributed by atoms with Gasteiger partial charge in [-0.3, -0.25) is 4.98 Å². The van der Waals surface area contributed by atoms with Crippen molar-refractivity contribution in [2.75, 3.05) is 0 Å². The Morgan fingerprint density at radius 2 is 0.607 bits per heavy atom. The Hall–Kier alpha value is -7.35. The van der Waals surface area contributed by atoms with Crippen LogP contribution in [0.4, 0.5) is 0 Å². The predicted molar refractivity (Wildman–Crippen MR) is 237 cm³/mol. The fourth-order valence-corrected chi connectivity index (χ4v) is 8.22. The van der Waals surface area contributed by atoms with E-state index in [0.717, 1.165) is 11.3 Å². The van der Waals surface area contributed by atoms with Crippen LogP contribution in [0.1, 0.15) is 0 Å². The third-order valence-electron chi connectivity index (χ3n) is 10.9. The smallest absolute Gasteiger partial charge is 0.0702 e. The van der Waals surface area contributed by atoms with Gasteiger partial charge in [-0.1, -0.05) is 170 Å². The maximum atomic E-state index is 4.72. The van der Waals surface area contributed by atoms with Crippen molar-refractivity contribution in [1.82, 2.24) is 4.98 Å². The fourth-order valence-electron chi connectivity index (χ4n) is 8.22. The minimum absolute atomic E-state index is 0.962. The van der Waals surface area contributed by atoms with Crippen molar-refractivity contribution in [2.45, 2.75) is 0 Å². The normalized spacial score (nSPS) is 11.2. The van der Waals surface area contributed by atoms with Gasteiger partial charge in [0.15, 0.2) is 0 Å². The van der Waals surface area contributed by atoms with E-state index in [1.54, 1.807) is 0 Å². The summed E-state index contributed by atoms with van der Waals surface area (Å²) in [6.07, 6.45) is 1.87. The molecule has 0 aliphatic rings. The van der Waals surface area contributed by atoms with Crippen molar-refractivity contribution in [3.8, 4) is 78.0 Å². The van der Waals surface area contributed by atoms with Crippen LogP contribution >= 0.6 is 0 Å². The highest BCUT2D eigenvalue weighted by Crippen LogP contribution is 2.46. The van der Waals surface area contributed by atoms with E-state index in [1.807, 2.05) is 12.3 Å². The van der Waals surface area contributed by atoms with Crippen LogP contribution in [-0.4, -0.2) is 4.98 Å². The zero-order valence-corrected chi connectivity index (χ0v) is 30.8. The highest BCUT2D eigenvalue weighted by atomic mass is 14.7. The molecule has 0 aliphatic carbocycles. The molecule has 0 saturated heterocycles. The number of hydrogen-bond acceptors (Lipinski definition) is 1. The van der Waals surface area contributed by atoms with Crippen molar-refractivity contribution in [3.05, 3.63) is 225 Å². The molecular formula is C55H37N. The lowest BCUT2D eigenvalue weighted by Crippen LogP contribution is -1.93. The predicted octanol–water partition coefficient (Wildman–Crippen LogP) is 15.1. The van der Waals surface area contributed by atoms with Crippen LogP contribution in [0.15, 0.2) is 225 Å². The molecule has 262 valence electrons. The summed E-state index contributed by atoms with van der Waals surface area (Å²) in [6, 6.07) is 79.1. The lowest BCUT2D eigenvalue weighted by atomic mass is 9.83. The van der Waals surface area contributed by atoms with E-state index in [4.69, 9.17) is 4.98 Å². The van der Waals surface area contributed by atoms with Crippen molar-refractivity contribution in [3.63, 3.8) is 0 Å². The molecular weight excluding hydrogens is 675 g/mol. The minimum Gasteiger partial charge on any atom is -0.256 e. The molecule has 0 aliphatic heterocycles. The topological polar surface area (TPSA) is 12.9 Å². The van der Waals surface area contributed by atoms with Crippen molar-refractivity contribution in [2.24, 2.45) is 0 Å². The molecule has 0 N–H and O–H groups in total. The summed E-state index contributed by atoms with van der Waals surface area (Å²) in [7, 11) is 0. The maximum Gasteiger partial charge on any atom is 0.0702 e. The van der Waals surface area contributed by atoms with Gasteiger partial charge in [0.05, 0.1) is 5.69 Å². The summed E-state index contributed by atoms with van der Waals surface area (Å²) in [6.45, 7) is 0.